The second-order valence-corrected chi connectivity index (χ2v) is 7.84. The summed E-state index contributed by atoms with van der Waals surface area (Å²) in [5.41, 5.74) is 3.44. The number of carbonyl (C=O) groups excluding carboxylic acids is 1. The van der Waals surface area contributed by atoms with Gasteiger partial charge in [-0.2, -0.15) is 0 Å². The van der Waals surface area contributed by atoms with E-state index in [1.807, 2.05) is 44.3 Å². The molecule has 0 aliphatic carbocycles. The summed E-state index contributed by atoms with van der Waals surface area (Å²) < 4.78 is 0. The molecule has 6 nitrogen and oxygen atoms in total. The normalized spacial score (nSPS) is 11.0. The Bertz CT molecular complexity index is 960. The summed E-state index contributed by atoms with van der Waals surface area (Å²) in [6, 6.07) is 26.7. The van der Waals surface area contributed by atoms with Crippen molar-refractivity contribution in [3.63, 3.8) is 0 Å². The molecule has 180 valence electrons. The predicted molar refractivity (Wildman–Crippen MR) is 150 cm³/mol. The first-order chi connectivity index (χ1) is 16.2. The lowest BCUT2D eigenvalue weighted by molar-refractivity contribution is -0.128. The Balaban J connectivity index is 0.00000408. The SMILES string of the molecule is CCNC(=NCC(=O)N(C)CCc1ccccn1)NCC(c1ccccc1)c1ccccc1.I. The van der Waals surface area contributed by atoms with Gasteiger partial charge in [0.1, 0.15) is 6.54 Å². The molecule has 7 heteroatoms. The van der Waals surface area contributed by atoms with Gasteiger partial charge in [-0.05, 0) is 30.2 Å². The number of nitrogens with zero attached hydrogens (tertiary/aromatic N) is 3. The maximum absolute atomic E-state index is 12.6. The van der Waals surface area contributed by atoms with Crippen molar-refractivity contribution in [1.29, 1.82) is 0 Å². The van der Waals surface area contributed by atoms with E-state index in [1.54, 1.807) is 11.1 Å². The fourth-order valence-corrected chi connectivity index (χ4v) is 3.56. The zero-order valence-electron chi connectivity index (χ0n) is 19.9. The van der Waals surface area contributed by atoms with Crippen molar-refractivity contribution in [1.82, 2.24) is 20.5 Å². The molecule has 0 spiro atoms. The van der Waals surface area contributed by atoms with E-state index in [1.165, 1.54) is 11.1 Å². The van der Waals surface area contributed by atoms with Crippen molar-refractivity contribution in [2.24, 2.45) is 4.99 Å². The average molecular weight is 572 g/mol. The minimum atomic E-state index is -0.0224. The van der Waals surface area contributed by atoms with Gasteiger partial charge in [0, 0.05) is 50.9 Å². The molecular weight excluding hydrogens is 537 g/mol. The van der Waals surface area contributed by atoms with Gasteiger partial charge in [0.25, 0.3) is 0 Å². The first-order valence-electron chi connectivity index (χ1n) is 11.4. The number of aromatic nitrogens is 1. The van der Waals surface area contributed by atoms with E-state index in [9.17, 15) is 4.79 Å². The van der Waals surface area contributed by atoms with E-state index in [0.29, 0.717) is 19.0 Å². The molecule has 1 heterocycles. The molecule has 34 heavy (non-hydrogen) atoms. The molecule has 2 aromatic carbocycles. The van der Waals surface area contributed by atoms with Gasteiger partial charge in [-0.15, -0.1) is 24.0 Å². The molecule has 3 rings (SSSR count). The Morgan fingerprint density at radius 2 is 1.56 bits per heavy atom. The van der Waals surface area contributed by atoms with Crippen molar-refractivity contribution in [3.8, 4) is 0 Å². The van der Waals surface area contributed by atoms with Gasteiger partial charge >= 0.3 is 0 Å². The van der Waals surface area contributed by atoms with E-state index >= 15 is 0 Å². The maximum atomic E-state index is 12.6. The molecule has 3 aromatic rings. The van der Waals surface area contributed by atoms with Gasteiger partial charge < -0.3 is 15.5 Å². The average Bonchev–Trinajstić information content (AvgIpc) is 2.87. The number of hydrogen-bond donors (Lipinski definition) is 2. The molecule has 1 aromatic heterocycles. The monoisotopic (exact) mass is 571 g/mol. The van der Waals surface area contributed by atoms with Crippen LogP contribution >= 0.6 is 24.0 Å². The largest absolute Gasteiger partial charge is 0.357 e. The summed E-state index contributed by atoms with van der Waals surface area (Å²) in [5, 5.41) is 6.68. The Kier molecular flexibility index (Phi) is 12.1. The Morgan fingerprint density at radius 1 is 0.941 bits per heavy atom. The van der Waals surface area contributed by atoms with Crippen LogP contribution in [0.15, 0.2) is 90.1 Å². The number of likely N-dealkylation sites (N-methyl/N-ethyl adjacent to an activating group) is 1. The number of carbonyl (C=O) groups is 1. The fraction of sp³-hybridized carbons (Fsp3) is 0.296. The van der Waals surface area contributed by atoms with Crippen LogP contribution in [-0.4, -0.2) is 55.0 Å². The quantitative estimate of drug-likeness (QED) is 0.219. The molecular formula is C27H34IN5O. The Hall–Kier alpha value is -2.94. The number of amides is 1. The number of benzene rings is 2. The highest BCUT2D eigenvalue weighted by Gasteiger charge is 2.15. The zero-order chi connectivity index (χ0) is 23.3. The first kappa shape index (κ1) is 27.3. The fourth-order valence-electron chi connectivity index (χ4n) is 3.56. The minimum Gasteiger partial charge on any atom is -0.357 e. The van der Waals surface area contributed by atoms with Crippen molar-refractivity contribution < 1.29 is 4.79 Å². The molecule has 0 aliphatic heterocycles. The van der Waals surface area contributed by atoms with Gasteiger partial charge in [0.05, 0.1) is 0 Å². The third-order valence-corrected chi connectivity index (χ3v) is 5.45. The van der Waals surface area contributed by atoms with Gasteiger partial charge in [-0.3, -0.25) is 9.78 Å². The van der Waals surface area contributed by atoms with Crippen molar-refractivity contribution in [2.45, 2.75) is 19.3 Å². The van der Waals surface area contributed by atoms with Crippen LogP contribution in [0.25, 0.3) is 0 Å². The molecule has 0 bridgehead atoms. The number of rotatable bonds is 10. The molecule has 0 saturated carbocycles. The highest BCUT2D eigenvalue weighted by Crippen LogP contribution is 2.23. The third kappa shape index (κ3) is 8.78. The van der Waals surface area contributed by atoms with Crippen molar-refractivity contribution >= 4 is 35.8 Å². The zero-order valence-corrected chi connectivity index (χ0v) is 22.2. The summed E-state index contributed by atoms with van der Waals surface area (Å²) in [7, 11) is 1.81. The minimum absolute atomic E-state index is 0. The van der Waals surface area contributed by atoms with Crippen molar-refractivity contribution in [3.05, 3.63) is 102 Å². The third-order valence-electron chi connectivity index (χ3n) is 5.45. The molecule has 0 aliphatic rings. The molecule has 0 fully saturated rings. The second kappa shape index (κ2) is 15.1. The lowest BCUT2D eigenvalue weighted by Gasteiger charge is -2.21. The van der Waals surface area contributed by atoms with Crippen LogP contribution in [0.4, 0.5) is 0 Å². The van der Waals surface area contributed by atoms with Gasteiger partial charge in [-0.1, -0.05) is 66.7 Å². The number of guanidine groups is 1. The number of hydrogen-bond acceptors (Lipinski definition) is 3. The number of nitrogens with one attached hydrogen (secondary N) is 2. The summed E-state index contributed by atoms with van der Waals surface area (Å²) >= 11 is 0. The highest BCUT2D eigenvalue weighted by molar-refractivity contribution is 14.0. The number of halogens is 1. The van der Waals surface area contributed by atoms with E-state index in [0.717, 1.165) is 18.7 Å². The van der Waals surface area contributed by atoms with Gasteiger partial charge in [-0.25, -0.2) is 4.99 Å². The van der Waals surface area contributed by atoms with Gasteiger partial charge in [0.15, 0.2) is 5.96 Å². The Labute approximate surface area is 219 Å². The molecule has 0 unspecified atom stereocenters. The van der Waals surface area contributed by atoms with Crippen LogP contribution in [0.2, 0.25) is 0 Å². The summed E-state index contributed by atoms with van der Waals surface area (Å²) in [6.07, 6.45) is 2.49. The van der Waals surface area contributed by atoms with Crippen LogP contribution in [0.3, 0.4) is 0 Å². The van der Waals surface area contributed by atoms with Crippen LogP contribution in [0.5, 0.6) is 0 Å². The smallest absolute Gasteiger partial charge is 0.244 e. The van der Waals surface area contributed by atoms with Crippen LogP contribution in [0, 0.1) is 0 Å². The molecule has 0 radical (unpaired) electrons. The van der Waals surface area contributed by atoms with Crippen LogP contribution in [-0.2, 0) is 11.2 Å². The van der Waals surface area contributed by atoms with Gasteiger partial charge in [0.2, 0.25) is 5.91 Å². The van der Waals surface area contributed by atoms with E-state index in [2.05, 4.69) is 69.1 Å². The standard InChI is InChI=1S/C27H33N5O.HI/c1-3-28-27(31-21-26(33)32(2)19-17-24-16-10-11-18-29-24)30-20-25(22-12-6-4-7-13-22)23-14-8-5-9-15-23;/h4-16,18,25H,3,17,19-21H2,1-2H3,(H2,28,30,31);1H. The van der Waals surface area contributed by atoms with E-state index in [4.69, 9.17) is 0 Å². The summed E-state index contributed by atoms with van der Waals surface area (Å²) in [4.78, 5) is 23.2. The number of aliphatic imine (C=N–C) groups is 1. The van der Waals surface area contributed by atoms with Crippen molar-refractivity contribution in [2.75, 3.05) is 33.2 Å². The maximum Gasteiger partial charge on any atom is 0.244 e. The Morgan fingerprint density at radius 3 is 2.12 bits per heavy atom. The van der Waals surface area contributed by atoms with E-state index < -0.39 is 0 Å². The molecule has 0 atom stereocenters. The lowest BCUT2D eigenvalue weighted by Crippen LogP contribution is -2.40. The summed E-state index contributed by atoms with van der Waals surface area (Å²) in [5.74, 6) is 0.791. The number of pyridine rings is 1. The summed E-state index contributed by atoms with van der Waals surface area (Å²) in [6.45, 7) is 4.11. The lowest BCUT2D eigenvalue weighted by atomic mass is 9.91. The van der Waals surface area contributed by atoms with Crippen LogP contribution < -0.4 is 10.6 Å². The predicted octanol–water partition coefficient (Wildman–Crippen LogP) is 4.09. The topological polar surface area (TPSA) is 69.6 Å². The first-order valence-corrected chi connectivity index (χ1v) is 11.4. The molecule has 0 saturated heterocycles. The van der Waals surface area contributed by atoms with E-state index in [-0.39, 0.29) is 42.3 Å². The molecule has 2 N–H and O–H groups in total. The molecule has 1 amide bonds. The second-order valence-electron chi connectivity index (χ2n) is 7.84. The highest BCUT2D eigenvalue weighted by atomic mass is 127. The van der Waals surface area contributed by atoms with Crippen LogP contribution in [0.1, 0.15) is 29.7 Å².